The molecule has 1 fully saturated rings. The Hall–Kier alpha value is -1.33. The van der Waals surface area contributed by atoms with Crippen molar-refractivity contribution in [2.24, 2.45) is 5.73 Å². The van der Waals surface area contributed by atoms with Gasteiger partial charge in [-0.2, -0.15) is 4.37 Å². The molecule has 1 atom stereocenters. The monoisotopic (exact) mass is 246 g/mol. The average Bonchev–Trinajstić information content (AvgIpc) is 3.06. The van der Waals surface area contributed by atoms with Crippen molar-refractivity contribution < 1.29 is 0 Å². The second-order valence-electron chi connectivity index (χ2n) is 4.49. The van der Waals surface area contributed by atoms with Gasteiger partial charge in [-0.05, 0) is 43.4 Å². The standard InChI is InChI=1S/C12H14N4S/c1-7(13)12-15-11(16-17-12)9-4-5-14-10(6-9)8-2-3-8/h4-8H,2-3,13H2,1H3. The zero-order chi connectivity index (χ0) is 11.8. The van der Waals surface area contributed by atoms with Crippen LogP contribution in [0.5, 0.6) is 0 Å². The van der Waals surface area contributed by atoms with Gasteiger partial charge in [-0.15, -0.1) is 0 Å². The van der Waals surface area contributed by atoms with Crippen molar-refractivity contribution in [3.63, 3.8) is 0 Å². The van der Waals surface area contributed by atoms with Gasteiger partial charge < -0.3 is 5.73 Å². The molecule has 2 N–H and O–H groups in total. The van der Waals surface area contributed by atoms with E-state index in [-0.39, 0.29) is 6.04 Å². The van der Waals surface area contributed by atoms with E-state index >= 15 is 0 Å². The topological polar surface area (TPSA) is 64.7 Å². The number of hydrogen-bond donors (Lipinski definition) is 1. The first-order valence-corrected chi connectivity index (χ1v) is 6.57. The molecule has 5 heteroatoms. The predicted molar refractivity (Wildman–Crippen MR) is 67.7 cm³/mol. The van der Waals surface area contributed by atoms with Crippen molar-refractivity contribution in [3.05, 3.63) is 29.0 Å². The molecule has 0 amide bonds. The highest BCUT2D eigenvalue weighted by atomic mass is 32.1. The van der Waals surface area contributed by atoms with Gasteiger partial charge in [0.25, 0.3) is 0 Å². The third-order valence-electron chi connectivity index (χ3n) is 2.87. The van der Waals surface area contributed by atoms with E-state index < -0.39 is 0 Å². The molecule has 2 heterocycles. The molecule has 1 aliphatic rings. The van der Waals surface area contributed by atoms with Crippen LogP contribution in [0.25, 0.3) is 11.4 Å². The van der Waals surface area contributed by atoms with Gasteiger partial charge in [0.1, 0.15) is 5.01 Å². The third kappa shape index (κ3) is 2.21. The Kier molecular flexibility index (Phi) is 2.64. The molecule has 0 radical (unpaired) electrons. The van der Waals surface area contributed by atoms with Crippen molar-refractivity contribution in [2.75, 3.05) is 0 Å². The fourth-order valence-electron chi connectivity index (χ4n) is 1.73. The lowest BCUT2D eigenvalue weighted by Crippen LogP contribution is -2.03. The number of aromatic nitrogens is 3. The fourth-order valence-corrected chi connectivity index (χ4v) is 2.35. The van der Waals surface area contributed by atoms with Crippen LogP contribution in [0.4, 0.5) is 0 Å². The Morgan fingerprint density at radius 2 is 2.29 bits per heavy atom. The number of pyridine rings is 1. The summed E-state index contributed by atoms with van der Waals surface area (Å²) < 4.78 is 4.35. The van der Waals surface area contributed by atoms with E-state index in [2.05, 4.69) is 20.4 Å². The summed E-state index contributed by atoms with van der Waals surface area (Å²) in [7, 11) is 0. The SMILES string of the molecule is CC(N)c1nc(-c2ccnc(C3CC3)c2)ns1. The lowest BCUT2D eigenvalue weighted by Gasteiger charge is -2.00. The van der Waals surface area contributed by atoms with E-state index in [1.54, 1.807) is 0 Å². The molecule has 1 unspecified atom stereocenters. The van der Waals surface area contributed by atoms with Gasteiger partial charge in [0.05, 0.1) is 6.04 Å². The van der Waals surface area contributed by atoms with Gasteiger partial charge in [0.15, 0.2) is 5.82 Å². The molecular formula is C12H14N4S. The maximum absolute atomic E-state index is 5.79. The van der Waals surface area contributed by atoms with Crippen molar-refractivity contribution in [2.45, 2.75) is 31.7 Å². The highest BCUT2D eigenvalue weighted by molar-refractivity contribution is 7.05. The van der Waals surface area contributed by atoms with Gasteiger partial charge in [0, 0.05) is 23.4 Å². The van der Waals surface area contributed by atoms with Gasteiger partial charge in [-0.25, -0.2) is 4.98 Å². The van der Waals surface area contributed by atoms with Crippen LogP contribution in [0.15, 0.2) is 18.3 Å². The van der Waals surface area contributed by atoms with Gasteiger partial charge in [0.2, 0.25) is 0 Å². The Labute approximate surface area is 104 Å². The summed E-state index contributed by atoms with van der Waals surface area (Å²) in [5.74, 6) is 1.42. The van der Waals surface area contributed by atoms with Crippen molar-refractivity contribution in [1.82, 2.24) is 14.3 Å². The Morgan fingerprint density at radius 3 is 2.94 bits per heavy atom. The molecule has 1 saturated carbocycles. The summed E-state index contributed by atoms with van der Waals surface area (Å²) in [5, 5.41) is 0.879. The van der Waals surface area contributed by atoms with E-state index in [1.165, 1.54) is 30.1 Å². The Balaban J connectivity index is 1.93. The molecule has 17 heavy (non-hydrogen) atoms. The van der Waals surface area contributed by atoms with Gasteiger partial charge in [-0.1, -0.05) is 0 Å². The normalized spacial score (nSPS) is 17.1. The van der Waals surface area contributed by atoms with E-state index in [1.807, 2.05) is 19.2 Å². The molecule has 4 nitrogen and oxygen atoms in total. The summed E-state index contributed by atoms with van der Waals surface area (Å²) in [6.07, 6.45) is 4.35. The van der Waals surface area contributed by atoms with Crippen LogP contribution in [0.1, 0.15) is 42.4 Å². The van der Waals surface area contributed by atoms with Crippen LogP contribution in [-0.4, -0.2) is 14.3 Å². The second-order valence-corrected chi connectivity index (χ2v) is 5.27. The summed E-state index contributed by atoms with van der Waals surface area (Å²) >= 11 is 1.38. The molecule has 0 aliphatic heterocycles. The summed E-state index contributed by atoms with van der Waals surface area (Å²) in [6, 6.07) is 4.01. The number of rotatable bonds is 3. The van der Waals surface area contributed by atoms with Crippen molar-refractivity contribution in [3.8, 4) is 11.4 Å². The van der Waals surface area contributed by atoms with Gasteiger partial charge >= 0.3 is 0 Å². The van der Waals surface area contributed by atoms with Gasteiger partial charge in [-0.3, -0.25) is 4.98 Å². The Morgan fingerprint density at radius 1 is 1.47 bits per heavy atom. The second kappa shape index (κ2) is 4.16. The average molecular weight is 246 g/mol. The lowest BCUT2D eigenvalue weighted by molar-refractivity contribution is 0.807. The Bertz CT molecular complexity index is 531. The first-order chi connectivity index (χ1) is 8.24. The molecule has 0 aromatic carbocycles. The smallest absolute Gasteiger partial charge is 0.173 e. The molecule has 88 valence electrons. The largest absolute Gasteiger partial charge is 0.322 e. The summed E-state index contributed by atoms with van der Waals surface area (Å²) in [4.78, 5) is 8.85. The summed E-state index contributed by atoms with van der Waals surface area (Å²) in [5.41, 5.74) is 8.00. The quantitative estimate of drug-likeness (QED) is 0.903. The molecule has 0 saturated heterocycles. The molecule has 0 bridgehead atoms. The molecule has 2 aromatic rings. The zero-order valence-electron chi connectivity index (χ0n) is 9.63. The minimum atomic E-state index is -0.0500. The van der Waals surface area contributed by atoms with E-state index in [0.717, 1.165) is 16.4 Å². The fraction of sp³-hybridized carbons (Fsp3) is 0.417. The molecule has 1 aliphatic carbocycles. The minimum Gasteiger partial charge on any atom is -0.322 e. The van der Waals surface area contributed by atoms with E-state index in [4.69, 9.17) is 5.73 Å². The zero-order valence-corrected chi connectivity index (χ0v) is 10.4. The molecule has 0 spiro atoms. The minimum absolute atomic E-state index is 0.0500. The van der Waals surface area contributed by atoms with E-state index in [9.17, 15) is 0 Å². The maximum atomic E-state index is 5.79. The van der Waals surface area contributed by atoms with Crippen molar-refractivity contribution >= 4 is 11.5 Å². The van der Waals surface area contributed by atoms with Crippen LogP contribution in [-0.2, 0) is 0 Å². The number of hydrogen-bond acceptors (Lipinski definition) is 5. The number of nitrogens with two attached hydrogens (primary N) is 1. The van der Waals surface area contributed by atoms with E-state index in [0.29, 0.717) is 5.92 Å². The van der Waals surface area contributed by atoms with Crippen molar-refractivity contribution in [1.29, 1.82) is 0 Å². The first-order valence-electron chi connectivity index (χ1n) is 5.79. The maximum Gasteiger partial charge on any atom is 0.173 e. The first kappa shape index (κ1) is 10.8. The van der Waals surface area contributed by atoms with Crippen LogP contribution in [0.3, 0.4) is 0 Å². The van der Waals surface area contributed by atoms with Crippen LogP contribution in [0, 0.1) is 0 Å². The predicted octanol–water partition coefficient (Wildman–Crippen LogP) is 2.50. The van der Waals surface area contributed by atoms with Crippen LogP contribution >= 0.6 is 11.5 Å². The lowest BCUT2D eigenvalue weighted by atomic mass is 10.2. The molecular weight excluding hydrogens is 232 g/mol. The third-order valence-corrected chi connectivity index (χ3v) is 3.78. The number of nitrogens with zero attached hydrogens (tertiary/aromatic N) is 3. The van der Waals surface area contributed by atoms with Crippen LogP contribution in [0.2, 0.25) is 0 Å². The van der Waals surface area contributed by atoms with Crippen LogP contribution < -0.4 is 5.73 Å². The molecule has 3 rings (SSSR count). The summed E-state index contributed by atoms with van der Waals surface area (Å²) in [6.45, 7) is 1.92. The molecule has 2 aromatic heterocycles. The highest BCUT2D eigenvalue weighted by Crippen LogP contribution is 2.39. The highest BCUT2D eigenvalue weighted by Gasteiger charge is 2.25.